The van der Waals surface area contributed by atoms with Gasteiger partial charge in [0, 0.05) is 12.8 Å². The highest BCUT2D eigenvalue weighted by Gasteiger charge is 2.20. The second kappa shape index (κ2) is 11.4. The summed E-state index contributed by atoms with van der Waals surface area (Å²) in [6, 6.07) is 20.2. The van der Waals surface area contributed by atoms with Crippen molar-refractivity contribution < 1.29 is 9.47 Å². The molecule has 0 bridgehead atoms. The molecule has 3 aliphatic rings. The van der Waals surface area contributed by atoms with E-state index in [-0.39, 0.29) is 10.8 Å². The molecule has 3 aromatic rings. The molecule has 0 atom stereocenters. The quantitative estimate of drug-likeness (QED) is 0.290. The van der Waals surface area contributed by atoms with Gasteiger partial charge in [-0.25, -0.2) is 0 Å². The van der Waals surface area contributed by atoms with Gasteiger partial charge in [-0.3, -0.25) is 0 Å². The summed E-state index contributed by atoms with van der Waals surface area (Å²) in [6.45, 7) is 21.9. The highest BCUT2D eigenvalue weighted by atomic mass is 16.5. The van der Waals surface area contributed by atoms with Crippen molar-refractivity contribution in [3.05, 3.63) is 93.5 Å². The maximum absolute atomic E-state index is 5.53. The van der Waals surface area contributed by atoms with Crippen LogP contribution in [0.1, 0.15) is 108 Å². The topological polar surface area (TPSA) is 18.5 Å². The molecule has 1 aliphatic carbocycles. The van der Waals surface area contributed by atoms with E-state index in [0.29, 0.717) is 5.41 Å². The third kappa shape index (κ3) is 7.47. The number of aryl methyl sites for hydroxylation is 2. The lowest BCUT2D eigenvalue weighted by Gasteiger charge is -2.19. The summed E-state index contributed by atoms with van der Waals surface area (Å²) in [4.78, 5) is 0. The van der Waals surface area contributed by atoms with E-state index in [4.69, 9.17) is 9.47 Å². The van der Waals surface area contributed by atoms with Gasteiger partial charge in [-0.05, 0) is 86.6 Å². The molecular formula is C37H50O2. The van der Waals surface area contributed by atoms with Gasteiger partial charge in [0.15, 0.2) is 0 Å². The molecule has 210 valence electrons. The molecule has 39 heavy (non-hydrogen) atoms. The zero-order valence-electron chi connectivity index (χ0n) is 26.0. The maximum Gasteiger partial charge on any atom is 0.122 e. The maximum atomic E-state index is 5.53. The highest BCUT2D eigenvalue weighted by molar-refractivity contribution is 5.43. The molecule has 2 nitrogen and oxygen atoms in total. The molecule has 2 heterocycles. The Morgan fingerprint density at radius 3 is 1.51 bits per heavy atom. The van der Waals surface area contributed by atoms with Gasteiger partial charge in [-0.15, -0.1) is 0 Å². The summed E-state index contributed by atoms with van der Waals surface area (Å²) in [7, 11) is 0. The van der Waals surface area contributed by atoms with Gasteiger partial charge in [0.2, 0.25) is 0 Å². The third-order valence-electron chi connectivity index (χ3n) is 8.08. The van der Waals surface area contributed by atoms with Crippen LogP contribution < -0.4 is 9.47 Å². The summed E-state index contributed by atoms with van der Waals surface area (Å²) in [5.74, 6) is 2.17. The lowest BCUT2D eigenvalue weighted by atomic mass is 9.85. The van der Waals surface area contributed by atoms with Crippen molar-refractivity contribution in [2.45, 2.75) is 111 Å². The summed E-state index contributed by atoms with van der Waals surface area (Å²) in [5, 5.41) is 0. The van der Waals surface area contributed by atoms with Crippen molar-refractivity contribution in [3.63, 3.8) is 0 Å². The molecule has 0 saturated carbocycles. The average Bonchev–Trinajstić information content (AvgIpc) is 3.62. The van der Waals surface area contributed by atoms with Gasteiger partial charge in [-0.1, -0.05) is 105 Å². The monoisotopic (exact) mass is 526 g/mol. The Morgan fingerprint density at radius 1 is 0.436 bits per heavy atom. The molecule has 0 radical (unpaired) electrons. The summed E-state index contributed by atoms with van der Waals surface area (Å²) in [5.41, 5.74) is 10.9. The minimum atomic E-state index is 0.223. The van der Waals surface area contributed by atoms with Crippen molar-refractivity contribution in [2.24, 2.45) is 0 Å². The number of benzene rings is 3. The third-order valence-corrected chi connectivity index (χ3v) is 8.08. The molecule has 2 aliphatic heterocycles. The first-order valence-corrected chi connectivity index (χ1v) is 14.9. The standard InChI is InChI=1S/C13H18.2C12H16O/c1-13(2,3)12-8-7-10-5-4-6-11(10)9-12;1-12(2,3)10-4-5-11-9(8-10)6-7-13-11;1-12(2,3)10-5-4-9-6-7-13-11(9)8-10/h7-9H,4-6H2,1-3H3;2*4-5,8H,6-7H2,1-3H3. The smallest absolute Gasteiger partial charge is 0.122 e. The Bertz CT molecular complexity index is 1120. The molecule has 0 aromatic heterocycles. The van der Waals surface area contributed by atoms with Crippen molar-refractivity contribution in [1.82, 2.24) is 0 Å². The predicted octanol–water partition coefficient (Wildman–Crippen LogP) is 9.31. The minimum Gasteiger partial charge on any atom is -0.493 e. The van der Waals surface area contributed by atoms with Crippen molar-refractivity contribution in [1.29, 1.82) is 0 Å². The van der Waals surface area contributed by atoms with Crippen LogP contribution in [0.4, 0.5) is 0 Å². The van der Waals surface area contributed by atoms with E-state index in [9.17, 15) is 0 Å². The Kier molecular flexibility index (Phi) is 8.55. The molecule has 2 heteroatoms. The van der Waals surface area contributed by atoms with Gasteiger partial charge < -0.3 is 9.47 Å². The fourth-order valence-corrected chi connectivity index (χ4v) is 5.32. The van der Waals surface area contributed by atoms with Crippen LogP contribution in [0.5, 0.6) is 11.5 Å². The zero-order chi connectivity index (χ0) is 28.4. The summed E-state index contributed by atoms with van der Waals surface area (Å²) >= 11 is 0. The van der Waals surface area contributed by atoms with Crippen LogP contribution in [0.2, 0.25) is 0 Å². The van der Waals surface area contributed by atoms with E-state index >= 15 is 0 Å². The molecule has 6 rings (SSSR count). The van der Waals surface area contributed by atoms with Gasteiger partial charge >= 0.3 is 0 Å². The molecule has 0 unspecified atom stereocenters. The second-order valence-corrected chi connectivity index (χ2v) is 14.4. The van der Waals surface area contributed by atoms with Crippen LogP contribution in [-0.4, -0.2) is 13.2 Å². The molecule has 0 N–H and O–H groups in total. The molecular weight excluding hydrogens is 476 g/mol. The van der Waals surface area contributed by atoms with Crippen molar-refractivity contribution >= 4 is 0 Å². The molecule has 0 amide bonds. The molecule has 0 spiro atoms. The number of fused-ring (bicyclic) bond motifs is 3. The fraction of sp³-hybridized carbons (Fsp3) is 0.514. The Labute approximate surface area is 238 Å². The van der Waals surface area contributed by atoms with Crippen LogP contribution >= 0.6 is 0 Å². The van der Waals surface area contributed by atoms with E-state index in [2.05, 4.69) is 117 Å². The summed E-state index contributed by atoms with van der Waals surface area (Å²) < 4.78 is 11.0. The van der Waals surface area contributed by atoms with E-state index in [1.54, 1.807) is 11.1 Å². The van der Waals surface area contributed by atoms with Gasteiger partial charge in [0.25, 0.3) is 0 Å². The van der Waals surface area contributed by atoms with E-state index < -0.39 is 0 Å². The second-order valence-electron chi connectivity index (χ2n) is 14.4. The first kappa shape index (κ1) is 29.2. The molecule has 0 saturated heterocycles. The van der Waals surface area contributed by atoms with Crippen molar-refractivity contribution in [2.75, 3.05) is 13.2 Å². The fourth-order valence-electron chi connectivity index (χ4n) is 5.32. The summed E-state index contributed by atoms with van der Waals surface area (Å²) in [6.07, 6.45) is 6.07. The first-order chi connectivity index (χ1) is 18.2. The SMILES string of the molecule is CC(C)(C)c1ccc2c(c1)CCC2.CC(C)(C)c1ccc2c(c1)CCO2.CC(C)(C)c1ccc2c(c1)OCC2. The lowest BCUT2D eigenvalue weighted by molar-refractivity contribution is 0.356. The highest BCUT2D eigenvalue weighted by Crippen LogP contribution is 2.33. The van der Waals surface area contributed by atoms with Crippen LogP contribution in [0.3, 0.4) is 0 Å². The van der Waals surface area contributed by atoms with Gasteiger partial charge in [0.05, 0.1) is 13.2 Å². The molecule has 0 fully saturated rings. The number of ether oxygens (including phenoxy) is 2. The largest absolute Gasteiger partial charge is 0.493 e. The Hall–Kier alpha value is -2.74. The lowest BCUT2D eigenvalue weighted by Crippen LogP contribution is -2.11. The minimum absolute atomic E-state index is 0.223. The first-order valence-electron chi connectivity index (χ1n) is 14.9. The van der Waals surface area contributed by atoms with Crippen LogP contribution in [0, 0.1) is 0 Å². The normalized spacial score (nSPS) is 15.5. The van der Waals surface area contributed by atoms with Crippen LogP contribution in [-0.2, 0) is 41.9 Å². The number of hydrogen-bond donors (Lipinski definition) is 0. The van der Waals surface area contributed by atoms with Gasteiger partial charge in [0.1, 0.15) is 11.5 Å². The number of rotatable bonds is 0. The van der Waals surface area contributed by atoms with E-state index in [1.165, 1.54) is 47.1 Å². The van der Waals surface area contributed by atoms with Crippen LogP contribution in [0.15, 0.2) is 54.6 Å². The molecule has 3 aromatic carbocycles. The van der Waals surface area contributed by atoms with Crippen LogP contribution in [0.25, 0.3) is 0 Å². The zero-order valence-corrected chi connectivity index (χ0v) is 26.0. The van der Waals surface area contributed by atoms with Crippen molar-refractivity contribution in [3.8, 4) is 11.5 Å². The predicted molar refractivity (Wildman–Crippen MR) is 166 cm³/mol. The van der Waals surface area contributed by atoms with E-state index in [1.807, 2.05) is 0 Å². The average molecular weight is 527 g/mol. The van der Waals surface area contributed by atoms with Gasteiger partial charge in [-0.2, -0.15) is 0 Å². The Balaban J connectivity index is 0.000000136. The number of hydrogen-bond acceptors (Lipinski definition) is 2. The Morgan fingerprint density at radius 2 is 0.897 bits per heavy atom. The van der Waals surface area contributed by atoms with E-state index in [0.717, 1.165) is 37.6 Å².